The van der Waals surface area contributed by atoms with E-state index in [9.17, 15) is 4.79 Å². The molecule has 0 unspecified atom stereocenters. The molecule has 5 nitrogen and oxygen atoms in total. The quantitative estimate of drug-likeness (QED) is 0.798. The van der Waals surface area contributed by atoms with Crippen LogP contribution >= 0.6 is 11.8 Å². The maximum absolute atomic E-state index is 13.3. The van der Waals surface area contributed by atoms with Crippen molar-refractivity contribution in [3.05, 3.63) is 35.6 Å². The first-order valence-electron chi connectivity index (χ1n) is 10.5. The van der Waals surface area contributed by atoms with Gasteiger partial charge in [-0.25, -0.2) is 0 Å². The summed E-state index contributed by atoms with van der Waals surface area (Å²) in [7, 11) is 0. The molecule has 6 heteroatoms. The minimum absolute atomic E-state index is 0.0130. The third kappa shape index (κ3) is 4.39. The zero-order valence-electron chi connectivity index (χ0n) is 16.4. The van der Waals surface area contributed by atoms with Crippen molar-refractivity contribution < 1.29 is 14.3 Å². The summed E-state index contributed by atoms with van der Waals surface area (Å²) >= 11 is 1.99. The van der Waals surface area contributed by atoms with E-state index in [2.05, 4.69) is 11.0 Å². The van der Waals surface area contributed by atoms with Gasteiger partial charge in [-0.05, 0) is 18.9 Å². The number of piperazine rings is 1. The molecule has 1 aliphatic heterocycles. The lowest BCUT2D eigenvalue weighted by Crippen LogP contribution is -2.49. The fraction of sp³-hybridized carbons (Fsp3) is 0.591. The van der Waals surface area contributed by atoms with Crippen LogP contribution < -0.4 is 0 Å². The highest BCUT2D eigenvalue weighted by Crippen LogP contribution is 2.35. The molecule has 1 saturated carbocycles. The van der Waals surface area contributed by atoms with E-state index in [0.29, 0.717) is 30.6 Å². The number of rotatable bonds is 6. The van der Waals surface area contributed by atoms with Crippen molar-refractivity contribution in [1.82, 2.24) is 9.80 Å². The van der Waals surface area contributed by atoms with Crippen molar-refractivity contribution in [2.24, 2.45) is 0 Å². The number of carbonyl (C=O) groups excluding carboxylic acids is 1. The number of hydrogen-bond acceptors (Lipinski definition) is 5. The molecule has 2 aromatic rings. The molecule has 2 fully saturated rings. The van der Waals surface area contributed by atoms with E-state index >= 15 is 0 Å². The number of fused-ring (bicyclic) bond motifs is 1. The summed E-state index contributed by atoms with van der Waals surface area (Å²) < 4.78 is 6.07. The van der Waals surface area contributed by atoms with Gasteiger partial charge in [0.05, 0.1) is 6.61 Å². The third-order valence-electron chi connectivity index (χ3n) is 5.98. The van der Waals surface area contributed by atoms with Crippen LogP contribution in [0.3, 0.4) is 0 Å². The summed E-state index contributed by atoms with van der Waals surface area (Å²) in [5.41, 5.74) is 1.87. The number of β-amino-alcohol motifs (C(OH)–C–C–N with tert-alkyl or cyclic N) is 1. The Hall–Kier alpha value is -1.50. The van der Waals surface area contributed by atoms with Crippen LogP contribution in [-0.2, 0) is 5.75 Å². The molecule has 1 aromatic carbocycles. The number of aliphatic hydroxyl groups is 1. The van der Waals surface area contributed by atoms with E-state index < -0.39 is 0 Å². The molecular formula is C22H30N2O3S. The van der Waals surface area contributed by atoms with Crippen LogP contribution in [0, 0.1) is 0 Å². The Balaban J connectivity index is 1.51. The zero-order valence-corrected chi connectivity index (χ0v) is 17.3. The topological polar surface area (TPSA) is 56.9 Å². The lowest BCUT2D eigenvalue weighted by atomic mass is 10.0. The average molecular weight is 403 g/mol. The lowest BCUT2D eigenvalue weighted by Gasteiger charge is -2.34. The number of carbonyl (C=O) groups is 1. The summed E-state index contributed by atoms with van der Waals surface area (Å²) in [6.07, 6.45) is 6.59. The molecule has 0 radical (unpaired) electrons. The monoisotopic (exact) mass is 402 g/mol. The van der Waals surface area contributed by atoms with Gasteiger partial charge in [0, 0.05) is 54.7 Å². The molecule has 0 spiro atoms. The van der Waals surface area contributed by atoms with Gasteiger partial charge in [-0.15, -0.1) is 0 Å². The number of para-hydroxylation sites is 1. The van der Waals surface area contributed by atoms with Gasteiger partial charge in [-0.2, -0.15) is 11.8 Å². The highest BCUT2D eigenvalue weighted by Gasteiger charge is 2.28. The number of aliphatic hydroxyl groups excluding tert-OH is 1. The maximum Gasteiger partial charge on any atom is 0.290 e. The Labute approximate surface area is 171 Å². The second-order valence-electron chi connectivity index (χ2n) is 7.83. The summed E-state index contributed by atoms with van der Waals surface area (Å²) in [6.45, 7) is 3.82. The molecule has 1 saturated heterocycles. The number of benzene rings is 1. The molecule has 4 rings (SSSR count). The molecule has 2 heterocycles. The molecule has 1 aromatic heterocycles. The second-order valence-corrected chi connectivity index (χ2v) is 9.12. The van der Waals surface area contributed by atoms with Crippen molar-refractivity contribution in [2.75, 3.05) is 39.3 Å². The Morgan fingerprint density at radius 2 is 1.86 bits per heavy atom. The molecular weight excluding hydrogens is 372 g/mol. The van der Waals surface area contributed by atoms with Crippen LogP contribution in [0.1, 0.15) is 48.2 Å². The first-order chi connectivity index (χ1) is 13.8. The van der Waals surface area contributed by atoms with Gasteiger partial charge in [0.1, 0.15) is 5.58 Å². The molecule has 28 heavy (non-hydrogen) atoms. The largest absolute Gasteiger partial charge is 0.451 e. The standard InChI is InChI=1S/C22H30N2O3S/c25-15-14-23-10-12-24(13-11-23)22(26)21-19(16-28-17-6-2-1-3-7-17)18-8-4-5-9-20(18)27-21/h4-5,8-9,17,25H,1-3,6-7,10-16H2. The third-order valence-corrected chi connectivity index (χ3v) is 7.38. The van der Waals surface area contributed by atoms with Gasteiger partial charge in [0.2, 0.25) is 0 Å². The Morgan fingerprint density at radius 3 is 2.61 bits per heavy atom. The maximum atomic E-state index is 13.3. The van der Waals surface area contributed by atoms with E-state index in [0.717, 1.165) is 35.4 Å². The van der Waals surface area contributed by atoms with Crippen LogP contribution in [0.15, 0.2) is 28.7 Å². The number of thioether (sulfide) groups is 1. The summed E-state index contributed by atoms with van der Waals surface area (Å²) in [4.78, 5) is 17.4. The summed E-state index contributed by atoms with van der Waals surface area (Å²) in [6, 6.07) is 8.02. The Morgan fingerprint density at radius 1 is 1.11 bits per heavy atom. The normalized spacial score (nSPS) is 19.4. The van der Waals surface area contributed by atoms with Crippen molar-refractivity contribution in [1.29, 1.82) is 0 Å². The van der Waals surface area contributed by atoms with E-state index in [1.54, 1.807) is 0 Å². The fourth-order valence-corrected chi connectivity index (χ4v) is 5.66. The Bertz CT molecular complexity index is 792. The van der Waals surface area contributed by atoms with Gasteiger partial charge >= 0.3 is 0 Å². The van der Waals surface area contributed by atoms with E-state index in [1.165, 1.54) is 32.1 Å². The summed E-state index contributed by atoms with van der Waals surface area (Å²) in [5.74, 6) is 1.38. The van der Waals surface area contributed by atoms with Crippen molar-refractivity contribution >= 4 is 28.6 Å². The second kappa shape index (κ2) is 9.33. The molecule has 1 N–H and O–H groups in total. The molecule has 1 aliphatic carbocycles. The van der Waals surface area contributed by atoms with E-state index in [-0.39, 0.29) is 12.5 Å². The number of amides is 1. The Kier molecular flexibility index (Phi) is 6.60. The van der Waals surface area contributed by atoms with Crippen LogP contribution in [0.25, 0.3) is 11.0 Å². The lowest BCUT2D eigenvalue weighted by molar-refractivity contribution is 0.0586. The fourth-order valence-electron chi connectivity index (χ4n) is 4.31. The molecule has 152 valence electrons. The molecule has 0 atom stereocenters. The van der Waals surface area contributed by atoms with Crippen molar-refractivity contribution in [2.45, 2.75) is 43.1 Å². The minimum atomic E-state index is 0.0130. The van der Waals surface area contributed by atoms with Gasteiger partial charge in [-0.1, -0.05) is 37.5 Å². The number of hydrogen-bond donors (Lipinski definition) is 1. The number of nitrogens with zero attached hydrogens (tertiary/aromatic N) is 2. The van der Waals surface area contributed by atoms with Crippen LogP contribution in [0.2, 0.25) is 0 Å². The molecule has 2 aliphatic rings. The van der Waals surface area contributed by atoms with Gasteiger partial charge in [-0.3, -0.25) is 9.69 Å². The van der Waals surface area contributed by atoms with Crippen LogP contribution in [-0.4, -0.2) is 65.4 Å². The smallest absolute Gasteiger partial charge is 0.290 e. The first-order valence-corrected chi connectivity index (χ1v) is 11.6. The number of furan rings is 1. The van der Waals surface area contributed by atoms with Gasteiger partial charge < -0.3 is 14.4 Å². The summed E-state index contributed by atoms with van der Waals surface area (Å²) in [5, 5.41) is 10.9. The average Bonchev–Trinajstić information content (AvgIpc) is 3.12. The zero-order chi connectivity index (χ0) is 19.3. The van der Waals surface area contributed by atoms with Crippen molar-refractivity contribution in [3.63, 3.8) is 0 Å². The predicted octanol–water partition coefficient (Wildman–Crippen LogP) is 3.75. The van der Waals surface area contributed by atoms with Gasteiger partial charge in [0.25, 0.3) is 5.91 Å². The van der Waals surface area contributed by atoms with Crippen LogP contribution in [0.4, 0.5) is 0 Å². The van der Waals surface area contributed by atoms with Crippen molar-refractivity contribution in [3.8, 4) is 0 Å². The minimum Gasteiger partial charge on any atom is -0.451 e. The highest BCUT2D eigenvalue weighted by molar-refractivity contribution is 7.99. The highest BCUT2D eigenvalue weighted by atomic mass is 32.2. The first kappa shape index (κ1) is 19.8. The van der Waals surface area contributed by atoms with Gasteiger partial charge in [0.15, 0.2) is 5.76 Å². The van der Waals surface area contributed by atoms with E-state index in [1.807, 2.05) is 34.9 Å². The predicted molar refractivity (Wildman–Crippen MR) is 114 cm³/mol. The van der Waals surface area contributed by atoms with E-state index in [4.69, 9.17) is 9.52 Å². The molecule has 1 amide bonds. The van der Waals surface area contributed by atoms with Crippen LogP contribution in [0.5, 0.6) is 0 Å². The molecule has 0 bridgehead atoms. The SMILES string of the molecule is O=C(c1oc2ccccc2c1CSC1CCCCC1)N1CCN(CCO)CC1.